The maximum Gasteiger partial charge on any atom is 0.261 e. The van der Waals surface area contributed by atoms with Crippen LogP contribution in [0, 0.1) is 12.8 Å². The molecule has 1 fully saturated rings. The summed E-state index contributed by atoms with van der Waals surface area (Å²) in [5.41, 5.74) is 1.10. The first-order valence-electron chi connectivity index (χ1n) is 6.63. The molecule has 1 heterocycles. The number of hydrogen-bond acceptors (Lipinski definition) is 3. The molecule has 2 rings (SSSR count). The van der Waals surface area contributed by atoms with Crippen LogP contribution in [0.15, 0.2) is 23.1 Å². The Labute approximate surface area is 124 Å². The Kier molecular flexibility index (Phi) is 4.39. The number of amides is 1. The minimum Gasteiger partial charge on any atom is -0.339 e. The van der Waals surface area contributed by atoms with E-state index in [2.05, 4.69) is 6.92 Å². The molecule has 1 aliphatic rings. The van der Waals surface area contributed by atoms with E-state index in [0.717, 1.165) is 25.9 Å². The lowest BCUT2D eigenvalue weighted by atomic mass is 9.98. The lowest BCUT2D eigenvalue weighted by Gasteiger charge is -2.30. The molecule has 6 heteroatoms. The third-order valence-electron chi connectivity index (χ3n) is 3.65. The van der Waals surface area contributed by atoms with E-state index >= 15 is 0 Å². The molecule has 4 nitrogen and oxygen atoms in total. The number of benzene rings is 1. The van der Waals surface area contributed by atoms with Gasteiger partial charge in [-0.2, -0.15) is 0 Å². The molecule has 20 heavy (non-hydrogen) atoms. The lowest BCUT2D eigenvalue weighted by Crippen LogP contribution is -2.38. The van der Waals surface area contributed by atoms with Crippen LogP contribution < -0.4 is 0 Å². The Morgan fingerprint density at radius 2 is 1.85 bits per heavy atom. The van der Waals surface area contributed by atoms with Crippen molar-refractivity contribution in [1.29, 1.82) is 0 Å². The van der Waals surface area contributed by atoms with Crippen molar-refractivity contribution in [1.82, 2.24) is 4.90 Å². The van der Waals surface area contributed by atoms with Crippen LogP contribution in [0.3, 0.4) is 0 Å². The van der Waals surface area contributed by atoms with Gasteiger partial charge < -0.3 is 4.90 Å². The van der Waals surface area contributed by atoms with Crippen LogP contribution in [0.1, 0.15) is 35.7 Å². The van der Waals surface area contributed by atoms with Gasteiger partial charge in [0.05, 0.1) is 4.90 Å². The summed E-state index contributed by atoms with van der Waals surface area (Å²) in [6.45, 7) is 5.36. The van der Waals surface area contributed by atoms with Gasteiger partial charge in [-0.05, 0) is 49.4 Å². The molecule has 1 amide bonds. The van der Waals surface area contributed by atoms with Crippen molar-refractivity contribution in [3.63, 3.8) is 0 Å². The molecular weight excluding hydrogens is 298 g/mol. The molecule has 1 aromatic rings. The number of carbonyl (C=O) groups is 1. The second-order valence-electron chi connectivity index (χ2n) is 5.45. The quantitative estimate of drug-likeness (QED) is 0.789. The topological polar surface area (TPSA) is 54.5 Å². The first-order valence-corrected chi connectivity index (χ1v) is 8.94. The maximum absolute atomic E-state index is 12.4. The molecule has 0 unspecified atom stereocenters. The summed E-state index contributed by atoms with van der Waals surface area (Å²) in [5, 5.41) is 0. The zero-order valence-electron chi connectivity index (χ0n) is 11.6. The average molecular weight is 316 g/mol. The van der Waals surface area contributed by atoms with Gasteiger partial charge in [0.25, 0.3) is 15.0 Å². The average Bonchev–Trinajstić information content (AvgIpc) is 2.37. The highest BCUT2D eigenvalue weighted by Crippen LogP contribution is 2.22. The van der Waals surface area contributed by atoms with Crippen LogP contribution in [-0.2, 0) is 9.05 Å². The summed E-state index contributed by atoms with van der Waals surface area (Å²) in [4.78, 5) is 14.2. The third-order valence-corrected chi connectivity index (χ3v) is 4.98. The summed E-state index contributed by atoms with van der Waals surface area (Å²) in [6, 6.07) is 4.53. The molecule has 0 N–H and O–H groups in total. The molecule has 0 aliphatic carbocycles. The summed E-state index contributed by atoms with van der Waals surface area (Å²) < 4.78 is 22.8. The third kappa shape index (κ3) is 3.52. The van der Waals surface area contributed by atoms with Gasteiger partial charge >= 0.3 is 0 Å². The highest BCUT2D eigenvalue weighted by molar-refractivity contribution is 8.13. The van der Waals surface area contributed by atoms with Crippen molar-refractivity contribution in [2.45, 2.75) is 31.6 Å². The van der Waals surface area contributed by atoms with E-state index in [1.807, 2.05) is 0 Å². The summed E-state index contributed by atoms with van der Waals surface area (Å²) in [7, 11) is 1.54. The van der Waals surface area contributed by atoms with Gasteiger partial charge in [0.2, 0.25) is 0 Å². The van der Waals surface area contributed by atoms with E-state index in [0.29, 0.717) is 17.0 Å². The fourth-order valence-corrected chi connectivity index (χ4v) is 3.27. The largest absolute Gasteiger partial charge is 0.339 e. The molecule has 0 radical (unpaired) electrons. The smallest absolute Gasteiger partial charge is 0.261 e. The van der Waals surface area contributed by atoms with E-state index in [-0.39, 0.29) is 10.8 Å². The number of hydrogen-bond donors (Lipinski definition) is 0. The SMILES string of the molecule is Cc1cc(C(=O)N2CCC(C)CC2)cc(S(=O)(=O)Cl)c1. The highest BCUT2D eigenvalue weighted by atomic mass is 35.7. The minimum atomic E-state index is -3.82. The summed E-state index contributed by atoms with van der Waals surface area (Å²) >= 11 is 0. The number of carbonyl (C=O) groups excluding carboxylic acids is 1. The Hall–Kier alpha value is -1.07. The second kappa shape index (κ2) is 5.74. The van der Waals surface area contributed by atoms with Crippen molar-refractivity contribution < 1.29 is 13.2 Å². The maximum atomic E-state index is 12.4. The predicted octanol–water partition coefficient (Wildman–Crippen LogP) is 2.79. The van der Waals surface area contributed by atoms with Gasteiger partial charge in [-0.25, -0.2) is 8.42 Å². The van der Waals surface area contributed by atoms with Gasteiger partial charge in [0.15, 0.2) is 0 Å². The van der Waals surface area contributed by atoms with Crippen molar-refractivity contribution in [3.05, 3.63) is 29.3 Å². The van der Waals surface area contributed by atoms with E-state index in [1.165, 1.54) is 12.1 Å². The number of aryl methyl sites for hydroxylation is 1. The van der Waals surface area contributed by atoms with E-state index in [4.69, 9.17) is 10.7 Å². The fraction of sp³-hybridized carbons (Fsp3) is 0.500. The van der Waals surface area contributed by atoms with E-state index in [9.17, 15) is 13.2 Å². The number of halogens is 1. The zero-order valence-corrected chi connectivity index (χ0v) is 13.2. The number of likely N-dealkylation sites (tertiary alicyclic amines) is 1. The van der Waals surface area contributed by atoms with Crippen LogP contribution in [0.4, 0.5) is 0 Å². The molecule has 0 bridgehead atoms. The summed E-state index contributed by atoms with van der Waals surface area (Å²) in [5.74, 6) is 0.512. The van der Waals surface area contributed by atoms with Gasteiger partial charge in [-0.1, -0.05) is 6.92 Å². The first-order chi connectivity index (χ1) is 9.27. The second-order valence-corrected chi connectivity index (χ2v) is 8.01. The van der Waals surface area contributed by atoms with Crippen LogP contribution in [0.2, 0.25) is 0 Å². The summed E-state index contributed by atoms with van der Waals surface area (Å²) in [6.07, 6.45) is 1.97. The minimum absolute atomic E-state index is 0.0205. The molecule has 1 aromatic carbocycles. The van der Waals surface area contributed by atoms with Crippen LogP contribution in [0.25, 0.3) is 0 Å². The van der Waals surface area contributed by atoms with Gasteiger partial charge in [0, 0.05) is 29.3 Å². The molecule has 1 saturated heterocycles. The molecular formula is C14H18ClNO3S. The van der Waals surface area contributed by atoms with Crippen LogP contribution in [0.5, 0.6) is 0 Å². The Morgan fingerprint density at radius 3 is 2.40 bits per heavy atom. The van der Waals surface area contributed by atoms with Crippen molar-refractivity contribution in [3.8, 4) is 0 Å². The van der Waals surface area contributed by atoms with E-state index in [1.54, 1.807) is 17.9 Å². The van der Waals surface area contributed by atoms with Crippen LogP contribution in [-0.4, -0.2) is 32.3 Å². The van der Waals surface area contributed by atoms with Crippen molar-refractivity contribution in [2.24, 2.45) is 5.92 Å². The monoisotopic (exact) mass is 315 g/mol. The molecule has 0 spiro atoms. The predicted molar refractivity (Wildman–Crippen MR) is 78.5 cm³/mol. The molecule has 110 valence electrons. The Bertz CT molecular complexity index is 619. The number of piperidine rings is 1. The Balaban J connectivity index is 2.28. The van der Waals surface area contributed by atoms with Gasteiger partial charge in [-0.3, -0.25) is 4.79 Å². The molecule has 0 atom stereocenters. The Morgan fingerprint density at radius 1 is 1.25 bits per heavy atom. The van der Waals surface area contributed by atoms with Crippen LogP contribution >= 0.6 is 10.7 Å². The van der Waals surface area contributed by atoms with Gasteiger partial charge in [-0.15, -0.1) is 0 Å². The lowest BCUT2D eigenvalue weighted by molar-refractivity contribution is 0.0697. The molecule has 0 saturated carbocycles. The number of rotatable bonds is 2. The fourth-order valence-electron chi connectivity index (χ4n) is 2.41. The molecule has 1 aliphatic heterocycles. The van der Waals surface area contributed by atoms with Gasteiger partial charge in [0.1, 0.15) is 0 Å². The van der Waals surface area contributed by atoms with Crippen molar-refractivity contribution >= 4 is 25.6 Å². The standard InChI is InChI=1S/C14H18ClNO3S/c1-10-3-5-16(6-4-10)14(17)12-7-11(2)8-13(9-12)20(15,18)19/h7-10H,3-6H2,1-2H3. The molecule has 0 aromatic heterocycles. The first kappa shape index (κ1) is 15.3. The zero-order chi connectivity index (χ0) is 14.9. The highest BCUT2D eigenvalue weighted by Gasteiger charge is 2.23. The van der Waals surface area contributed by atoms with Crippen molar-refractivity contribution in [2.75, 3.05) is 13.1 Å². The van der Waals surface area contributed by atoms with E-state index < -0.39 is 9.05 Å². The number of nitrogens with zero attached hydrogens (tertiary/aromatic N) is 1. The normalized spacial score (nSPS) is 17.2.